The molecule has 1 rings (SSSR count). The molecule has 0 radical (unpaired) electrons. The summed E-state index contributed by atoms with van der Waals surface area (Å²) in [5.41, 5.74) is 3.07. The van der Waals surface area contributed by atoms with E-state index in [1.54, 1.807) is 6.07 Å². The summed E-state index contributed by atoms with van der Waals surface area (Å²) < 4.78 is 32.4. The van der Waals surface area contributed by atoms with E-state index in [9.17, 15) is 13.0 Å². The van der Waals surface area contributed by atoms with Crippen molar-refractivity contribution in [2.45, 2.75) is 90.9 Å². The van der Waals surface area contributed by atoms with E-state index < -0.39 is 10.1 Å². The fourth-order valence-electron chi connectivity index (χ4n) is 3.48. The first-order valence-corrected chi connectivity index (χ1v) is 11.8. The average Bonchev–Trinajstić information content (AvgIpc) is 2.53. The Balaban J connectivity index is 2.42. The molecule has 1 atom stereocenters. The molecule has 0 saturated heterocycles. The maximum Gasteiger partial charge on any atom is 0.294 e. The molecule has 0 aromatic heterocycles. The molecule has 154 valence electrons. The quantitative estimate of drug-likeness (QED) is 0.315. The Kier molecular flexibility index (Phi) is 10.3. The summed E-state index contributed by atoms with van der Waals surface area (Å²) in [6.07, 6.45) is 11.2. The third-order valence-corrected chi connectivity index (χ3v) is 6.10. The predicted octanol–water partition coefficient (Wildman–Crippen LogP) is 6.75. The molecule has 0 fully saturated rings. The molecule has 1 unspecified atom stereocenters. The molecule has 0 saturated carbocycles. The maximum absolute atomic E-state index is 11.5. The highest BCUT2D eigenvalue weighted by Crippen LogP contribution is 2.21. The van der Waals surface area contributed by atoms with Crippen LogP contribution in [0.3, 0.4) is 0 Å². The standard InChI is InChI=1S/C23H38O3S/c1-18(2)9-6-10-19(3)11-7-12-20(4)13-8-14-22-17-21(5)15-16-23(22)27(24,25)26/h13,15-19H,6-12,14H2,1-5H3,(H,24,25,26). The van der Waals surface area contributed by atoms with Crippen LogP contribution in [0.2, 0.25) is 0 Å². The van der Waals surface area contributed by atoms with Gasteiger partial charge < -0.3 is 0 Å². The van der Waals surface area contributed by atoms with Gasteiger partial charge in [0.15, 0.2) is 0 Å². The molecule has 1 N–H and O–H groups in total. The van der Waals surface area contributed by atoms with Crippen LogP contribution in [0.5, 0.6) is 0 Å². The van der Waals surface area contributed by atoms with Gasteiger partial charge >= 0.3 is 0 Å². The zero-order chi connectivity index (χ0) is 20.4. The van der Waals surface area contributed by atoms with Crippen LogP contribution in [-0.2, 0) is 16.5 Å². The Bertz CT molecular complexity index is 702. The van der Waals surface area contributed by atoms with Crippen molar-refractivity contribution in [1.82, 2.24) is 0 Å². The minimum Gasteiger partial charge on any atom is -0.282 e. The summed E-state index contributed by atoms with van der Waals surface area (Å²) >= 11 is 0. The fraction of sp³-hybridized carbons (Fsp3) is 0.652. The molecule has 0 aliphatic carbocycles. The van der Waals surface area contributed by atoms with Gasteiger partial charge in [-0.15, -0.1) is 0 Å². The van der Waals surface area contributed by atoms with Crippen molar-refractivity contribution in [2.75, 3.05) is 0 Å². The molecule has 0 spiro atoms. The number of hydrogen-bond acceptors (Lipinski definition) is 2. The van der Waals surface area contributed by atoms with Gasteiger partial charge in [0.05, 0.1) is 4.90 Å². The number of aryl methyl sites for hydroxylation is 2. The Morgan fingerprint density at radius 1 is 1.11 bits per heavy atom. The number of hydrogen-bond donors (Lipinski definition) is 1. The highest BCUT2D eigenvalue weighted by Gasteiger charge is 2.14. The highest BCUT2D eigenvalue weighted by molar-refractivity contribution is 7.85. The van der Waals surface area contributed by atoms with Crippen LogP contribution in [-0.4, -0.2) is 13.0 Å². The topological polar surface area (TPSA) is 54.4 Å². The van der Waals surface area contributed by atoms with Gasteiger partial charge in [-0.2, -0.15) is 8.42 Å². The van der Waals surface area contributed by atoms with Crippen LogP contribution < -0.4 is 0 Å². The largest absolute Gasteiger partial charge is 0.294 e. The van der Waals surface area contributed by atoms with Gasteiger partial charge in [-0.05, 0) is 63.0 Å². The van der Waals surface area contributed by atoms with Crippen molar-refractivity contribution in [1.29, 1.82) is 0 Å². The molecule has 0 bridgehead atoms. The number of rotatable bonds is 12. The number of benzene rings is 1. The summed E-state index contributed by atoms with van der Waals surface area (Å²) in [4.78, 5) is 0.0365. The lowest BCUT2D eigenvalue weighted by Crippen LogP contribution is -2.03. The summed E-state index contributed by atoms with van der Waals surface area (Å²) in [6.45, 7) is 11.0. The van der Waals surface area contributed by atoms with E-state index in [4.69, 9.17) is 0 Å². The van der Waals surface area contributed by atoms with Crippen molar-refractivity contribution in [3.63, 3.8) is 0 Å². The van der Waals surface area contributed by atoms with Crippen molar-refractivity contribution >= 4 is 10.1 Å². The van der Waals surface area contributed by atoms with Crippen molar-refractivity contribution in [3.05, 3.63) is 41.0 Å². The van der Waals surface area contributed by atoms with Gasteiger partial charge in [0, 0.05) is 0 Å². The zero-order valence-electron chi connectivity index (χ0n) is 17.8. The SMILES string of the molecule is CC(=CCCc1cc(C)ccc1S(=O)(=O)O)CCCC(C)CCCC(C)C. The predicted molar refractivity (Wildman–Crippen MR) is 115 cm³/mol. The van der Waals surface area contributed by atoms with E-state index in [2.05, 4.69) is 33.8 Å². The summed E-state index contributed by atoms with van der Waals surface area (Å²) in [6, 6.07) is 5.07. The van der Waals surface area contributed by atoms with Crippen LogP contribution in [0, 0.1) is 18.8 Å². The summed E-state index contributed by atoms with van der Waals surface area (Å²) in [7, 11) is -4.16. The lowest BCUT2D eigenvalue weighted by molar-refractivity contribution is 0.427. The molecular weight excluding hydrogens is 356 g/mol. The van der Waals surface area contributed by atoms with Gasteiger partial charge in [-0.3, -0.25) is 4.55 Å². The average molecular weight is 395 g/mol. The molecule has 4 heteroatoms. The third-order valence-electron chi connectivity index (χ3n) is 5.15. The van der Waals surface area contributed by atoms with Gasteiger partial charge in [0.1, 0.15) is 0 Å². The van der Waals surface area contributed by atoms with Crippen molar-refractivity contribution < 1.29 is 13.0 Å². The first-order valence-electron chi connectivity index (χ1n) is 10.3. The van der Waals surface area contributed by atoms with E-state index in [0.29, 0.717) is 12.0 Å². The monoisotopic (exact) mass is 394 g/mol. The Hall–Kier alpha value is -1.13. The van der Waals surface area contributed by atoms with Crippen LogP contribution in [0.1, 0.15) is 83.8 Å². The van der Waals surface area contributed by atoms with Crippen molar-refractivity contribution in [3.8, 4) is 0 Å². The minimum atomic E-state index is -4.16. The van der Waals surface area contributed by atoms with Gasteiger partial charge in [0.2, 0.25) is 0 Å². The second kappa shape index (κ2) is 11.7. The maximum atomic E-state index is 11.5. The Labute approximate surface area is 167 Å². The second-order valence-corrected chi connectivity index (χ2v) is 9.89. The van der Waals surface area contributed by atoms with Crippen LogP contribution in [0.4, 0.5) is 0 Å². The van der Waals surface area contributed by atoms with Crippen LogP contribution in [0.15, 0.2) is 34.7 Å². The Morgan fingerprint density at radius 2 is 1.78 bits per heavy atom. The molecule has 0 aliphatic rings. The molecule has 0 heterocycles. The number of allylic oxidation sites excluding steroid dienone is 2. The fourth-order valence-corrected chi connectivity index (χ4v) is 4.21. The summed E-state index contributed by atoms with van der Waals surface area (Å²) in [5, 5.41) is 0. The smallest absolute Gasteiger partial charge is 0.282 e. The van der Waals surface area contributed by atoms with E-state index in [1.165, 1.54) is 43.7 Å². The lowest BCUT2D eigenvalue weighted by atomic mass is 9.94. The normalized spacial score (nSPS) is 14.0. The molecular formula is C23H38O3S. The third kappa shape index (κ3) is 10.1. The molecule has 1 aromatic rings. The molecule has 0 amide bonds. The van der Waals surface area contributed by atoms with E-state index in [0.717, 1.165) is 30.2 Å². The lowest BCUT2D eigenvalue weighted by Gasteiger charge is -2.12. The van der Waals surface area contributed by atoms with E-state index >= 15 is 0 Å². The first kappa shape index (κ1) is 23.9. The molecule has 27 heavy (non-hydrogen) atoms. The minimum absolute atomic E-state index is 0.0365. The van der Waals surface area contributed by atoms with Gasteiger partial charge in [-0.25, -0.2) is 0 Å². The molecule has 1 aromatic carbocycles. The highest BCUT2D eigenvalue weighted by atomic mass is 32.2. The van der Waals surface area contributed by atoms with Crippen molar-refractivity contribution in [2.24, 2.45) is 11.8 Å². The van der Waals surface area contributed by atoms with Gasteiger partial charge in [0.25, 0.3) is 10.1 Å². The first-order chi connectivity index (χ1) is 12.6. The van der Waals surface area contributed by atoms with Gasteiger partial charge in [-0.1, -0.05) is 75.8 Å². The van der Waals surface area contributed by atoms with Crippen LogP contribution >= 0.6 is 0 Å². The zero-order valence-corrected chi connectivity index (χ0v) is 18.6. The molecule has 0 aliphatic heterocycles. The van der Waals surface area contributed by atoms with Crippen LogP contribution in [0.25, 0.3) is 0 Å². The van der Waals surface area contributed by atoms with E-state index in [1.807, 2.05) is 13.0 Å². The second-order valence-electron chi connectivity index (χ2n) is 8.50. The molecule has 3 nitrogen and oxygen atoms in total. The van der Waals surface area contributed by atoms with E-state index in [-0.39, 0.29) is 4.90 Å². The summed E-state index contributed by atoms with van der Waals surface area (Å²) in [5.74, 6) is 1.60. The Morgan fingerprint density at radius 3 is 2.41 bits per heavy atom.